The van der Waals surface area contributed by atoms with Gasteiger partial charge in [0.15, 0.2) is 5.82 Å². The lowest BCUT2D eigenvalue weighted by atomic mass is 10.4. The number of imidazole rings is 1. The van der Waals surface area contributed by atoms with Gasteiger partial charge in [0, 0.05) is 0 Å². The maximum absolute atomic E-state index is 11.6. The molecule has 82 valence electrons. The summed E-state index contributed by atoms with van der Waals surface area (Å²) in [5.41, 5.74) is 0.530. The molecule has 0 aromatic carbocycles. The lowest BCUT2D eigenvalue weighted by molar-refractivity contribution is 0.101. The van der Waals surface area contributed by atoms with Crippen LogP contribution in [0.2, 0.25) is 10.3 Å². The zero-order valence-corrected chi connectivity index (χ0v) is 9.38. The lowest BCUT2D eigenvalue weighted by Gasteiger charge is -2.01. The van der Waals surface area contributed by atoms with E-state index in [9.17, 15) is 4.79 Å². The van der Waals surface area contributed by atoms with E-state index in [4.69, 9.17) is 23.2 Å². The molecule has 0 unspecified atom stereocenters. The predicted octanol–water partition coefficient (Wildman–Crippen LogP) is 2.36. The smallest absolute Gasteiger partial charge is 0.291 e. The summed E-state index contributed by atoms with van der Waals surface area (Å²) in [6.07, 6.45) is 2.81. The molecular formula is C9H6Cl2N4O. The van der Waals surface area contributed by atoms with Crippen molar-refractivity contribution in [2.75, 3.05) is 5.32 Å². The molecule has 0 spiro atoms. The van der Waals surface area contributed by atoms with Crippen molar-refractivity contribution in [2.24, 2.45) is 0 Å². The lowest BCUT2D eigenvalue weighted by Crippen LogP contribution is -2.13. The van der Waals surface area contributed by atoms with Gasteiger partial charge in [-0.05, 0) is 12.1 Å². The van der Waals surface area contributed by atoms with Crippen molar-refractivity contribution >= 4 is 34.8 Å². The van der Waals surface area contributed by atoms with Gasteiger partial charge < -0.3 is 10.3 Å². The zero-order valence-electron chi connectivity index (χ0n) is 7.87. The Hall–Kier alpha value is -1.59. The predicted molar refractivity (Wildman–Crippen MR) is 60.8 cm³/mol. The number of nitrogens with zero attached hydrogens (tertiary/aromatic N) is 2. The second-order valence-corrected chi connectivity index (χ2v) is 3.70. The van der Waals surface area contributed by atoms with E-state index >= 15 is 0 Å². The van der Waals surface area contributed by atoms with Crippen LogP contribution in [0.25, 0.3) is 0 Å². The first-order chi connectivity index (χ1) is 7.65. The Balaban J connectivity index is 2.10. The number of aromatic nitrogens is 3. The molecule has 0 saturated heterocycles. The van der Waals surface area contributed by atoms with E-state index in [1.54, 1.807) is 12.1 Å². The third-order valence-corrected chi connectivity index (χ3v) is 2.16. The van der Waals surface area contributed by atoms with E-state index in [-0.39, 0.29) is 5.82 Å². The summed E-state index contributed by atoms with van der Waals surface area (Å²) in [4.78, 5) is 21.8. The molecule has 0 aliphatic rings. The van der Waals surface area contributed by atoms with Crippen LogP contribution in [0.4, 0.5) is 5.69 Å². The SMILES string of the molecule is O=C(Nc1ccc(Cl)nc1)c1ncc(Cl)[nH]1. The monoisotopic (exact) mass is 256 g/mol. The molecule has 0 aliphatic carbocycles. The minimum atomic E-state index is -0.393. The Morgan fingerprint density at radius 1 is 1.25 bits per heavy atom. The molecule has 0 saturated carbocycles. The summed E-state index contributed by atoms with van der Waals surface area (Å²) in [6.45, 7) is 0. The molecule has 2 aromatic rings. The molecule has 0 fully saturated rings. The standard InChI is InChI=1S/C9H6Cl2N4O/c10-6-2-1-5(3-12-6)14-9(16)8-13-4-7(11)15-8/h1-4H,(H,13,15)(H,14,16). The van der Waals surface area contributed by atoms with E-state index in [0.717, 1.165) is 0 Å². The molecule has 7 heteroatoms. The highest BCUT2D eigenvalue weighted by Crippen LogP contribution is 2.11. The highest BCUT2D eigenvalue weighted by molar-refractivity contribution is 6.29. The van der Waals surface area contributed by atoms with Gasteiger partial charge in [-0.15, -0.1) is 0 Å². The molecular weight excluding hydrogens is 251 g/mol. The third-order valence-electron chi connectivity index (χ3n) is 1.75. The summed E-state index contributed by atoms with van der Waals surface area (Å²) in [7, 11) is 0. The van der Waals surface area contributed by atoms with Crippen LogP contribution < -0.4 is 5.32 Å². The number of hydrogen-bond donors (Lipinski definition) is 2. The van der Waals surface area contributed by atoms with Crippen molar-refractivity contribution in [3.63, 3.8) is 0 Å². The number of carbonyl (C=O) groups is 1. The summed E-state index contributed by atoms with van der Waals surface area (Å²) in [5, 5.41) is 3.25. The molecule has 2 heterocycles. The van der Waals surface area contributed by atoms with E-state index in [0.29, 0.717) is 16.0 Å². The van der Waals surface area contributed by atoms with E-state index in [1.807, 2.05) is 0 Å². The fourth-order valence-corrected chi connectivity index (χ4v) is 1.30. The summed E-state index contributed by atoms with van der Waals surface area (Å²) in [6, 6.07) is 3.21. The van der Waals surface area contributed by atoms with Crippen LogP contribution in [0.15, 0.2) is 24.5 Å². The fraction of sp³-hybridized carbons (Fsp3) is 0. The zero-order chi connectivity index (χ0) is 11.5. The third kappa shape index (κ3) is 2.50. The average Bonchev–Trinajstić information content (AvgIpc) is 2.68. The Morgan fingerprint density at radius 3 is 2.62 bits per heavy atom. The summed E-state index contributed by atoms with van der Waals surface area (Å²) in [5.74, 6) is -0.254. The molecule has 1 amide bonds. The van der Waals surface area contributed by atoms with Crippen molar-refractivity contribution < 1.29 is 4.79 Å². The maximum atomic E-state index is 11.6. The first kappa shape index (κ1) is 10.9. The van der Waals surface area contributed by atoms with Gasteiger partial charge in [-0.1, -0.05) is 23.2 Å². The van der Waals surface area contributed by atoms with Crippen LogP contribution in [-0.4, -0.2) is 20.9 Å². The van der Waals surface area contributed by atoms with Crippen LogP contribution in [0.3, 0.4) is 0 Å². The second-order valence-electron chi connectivity index (χ2n) is 2.90. The first-order valence-corrected chi connectivity index (χ1v) is 5.04. The number of rotatable bonds is 2. The molecule has 16 heavy (non-hydrogen) atoms. The van der Waals surface area contributed by atoms with Gasteiger partial charge in [0.1, 0.15) is 10.3 Å². The normalized spacial score (nSPS) is 10.1. The fourth-order valence-electron chi connectivity index (χ4n) is 1.05. The molecule has 2 N–H and O–H groups in total. The molecule has 5 nitrogen and oxygen atoms in total. The molecule has 0 aliphatic heterocycles. The summed E-state index contributed by atoms with van der Waals surface area (Å²) >= 11 is 11.2. The number of aromatic amines is 1. The van der Waals surface area contributed by atoms with Crippen LogP contribution >= 0.6 is 23.2 Å². The van der Waals surface area contributed by atoms with E-state index < -0.39 is 5.91 Å². The Morgan fingerprint density at radius 2 is 2.06 bits per heavy atom. The van der Waals surface area contributed by atoms with Gasteiger partial charge in [-0.2, -0.15) is 0 Å². The molecule has 0 atom stereocenters. The van der Waals surface area contributed by atoms with Crippen LogP contribution in [0, 0.1) is 0 Å². The van der Waals surface area contributed by atoms with Crippen LogP contribution in [0.5, 0.6) is 0 Å². The number of halogens is 2. The first-order valence-electron chi connectivity index (χ1n) is 4.28. The number of amides is 1. The number of pyridine rings is 1. The van der Waals surface area contributed by atoms with Gasteiger partial charge >= 0.3 is 0 Å². The largest absolute Gasteiger partial charge is 0.325 e. The van der Waals surface area contributed by atoms with E-state index in [2.05, 4.69) is 20.3 Å². The number of nitrogens with one attached hydrogen (secondary N) is 2. The van der Waals surface area contributed by atoms with Crippen molar-refractivity contribution in [2.45, 2.75) is 0 Å². The highest BCUT2D eigenvalue weighted by atomic mass is 35.5. The Labute approximate surface area is 101 Å². The van der Waals surface area contributed by atoms with Crippen molar-refractivity contribution in [3.8, 4) is 0 Å². The second kappa shape index (κ2) is 4.51. The topological polar surface area (TPSA) is 70.7 Å². The molecule has 2 rings (SSSR count). The van der Waals surface area contributed by atoms with Crippen molar-refractivity contribution in [1.82, 2.24) is 15.0 Å². The molecule has 0 bridgehead atoms. The van der Waals surface area contributed by atoms with Gasteiger partial charge in [0.25, 0.3) is 5.91 Å². The number of hydrogen-bond acceptors (Lipinski definition) is 3. The van der Waals surface area contributed by atoms with Gasteiger partial charge in [0.2, 0.25) is 0 Å². The number of H-pyrrole nitrogens is 1. The Bertz CT molecular complexity index is 508. The molecule has 0 radical (unpaired) electrons. The maximum Gasteiger partial charge on any atom is 0.291 e. The Kier molecular flexibility index (Phi) is 3.07. The van der Waals surface area contributed by atoms with Crippen molar-refractivity contribution in [3.05, 3.63) is 40.7 Å². The highest BCUT2D eigenvalue weighted by Gasteiger charge is 2.09. The average molecular weight is 257 g/mol. The minimum absolute atomic E-state index is 0.139. The van der Waals surface area contributed by atoms with Gasteiger partial charge in [-0.25, -0.2) is 9.97 Å². The van der Waals surface area contributed by atoms with Crippen molar-refractivity contribution in [1.29, 1.82) is 0 Å². The van der Waals surface area contributed by atoms with E-state index in [1.165, 1.54) is 12.4 Å². The quantitative estimate of drug-likeness (QED) is 0.811. The van der Waals surface area contributed by atoms with Gasteiger partial charge in [-0.3, -0.25) is 4.79 Å². The van der Waals surface area contributed by atoms with Crippen LogP contribution in [-0.2, 0) is 0 Å². The number of carbonyl (C=O) groups excluding carboxylic acids is 1. The number of anilines is 1. The van der Waals surface area contributed by atoms with Crippen LogP contribution in [0.1, 0.15) is 10.6 Å². The molecule has 2 aromatic heterocycles. The van der Waals surface area contributed by atoms with Gasteiger partial charge in [0.05, 0.1) is 18.1 Å². The minimum Gasteiger partial charge on any atom is -0.325 e. The summed E-state index contributed by atoms with van der Waals surface area (Å²) < 4.78 is 0.